The van der Waals surface area contributed by atoms with E-state index in [1.54, 1.807) is 17.3 Å². The molecule has 0 N–H and O–H groups in total. The molecule has 2 aliphatic heterocycles. The summed E-state index contributed by atoms with van der Waals surface area (Å²) in [5.41, 5.74) is 2.66. The van der Waals surface area contributed by atoms with E-state index in [2.05, 4.69) is 16.0 Å². The van der Waals surface area contributed by atoms with E-state index < -0.39 is 9.84 Å². The topological polar surface area (TPSA) is 70.6 Å². The van der Waals surface area contributed by atoms with Crippen LogP contribution in [0.3, 0.4) is 0 Å². The van der Waals surface area contributed by atoms with E-state index >= 15 is 0 Å². The highest BCUT2D eigenvalue weighted by atomic mass is 32.2. The van der Waals surface area contributed by atoms with Crippen LogP contribution in [0.1, 0.15) is 29.8 Å². The first kappa shape index (κ1) is 18.1. The molecular formula is C18H25N3O3S. The van der Waals surface area contributed by atoms with Crippen molar-refractivity contribution in [2.75, 3.05) is 31.1 Å². The van der Waals surface area contributed by atoms with Crippen LogP contribution in [0.5, 0.6) is 0 Å². The lowest BCUT2D eigenvalue weighted by atomic mass is 10.0. The highest BCUT2D eigenvalue weighted by Gasteiger charge is 2.47. The van der Waals surface area contributed by atoms with Crippen LogP contribution in [0, 0.1) is 6.92 Å². The second-order valence-electron chi connectivity index (χ2n) is 7.24. The maximum Gasteiger partial charge on any atom is 0.255 e. The molecule has 0 spiro atoms. The lowest BCUT2D eigenvalue weighted by molar-refractivity contribution is 0.0367. The molecule has 0 bridgehead atoms. The number of amides is 1. The molecule has 7 heteroatoms. The van der Waals surface area contributed by atoms with Crippen LogP contribution in [-0.4, -0.2) is 72.3 Å². The third kappa shape index (κ3) is 3.93. The van der Waals surface area contributed by atoms with Gasteiger partial charge in [-0.3, -0.25) is 14.7 Å². The highest BCUT2D eigenvalue weighted by Crippen LogP contribution is 2.28. The molecule has 2 fully saturated rings. The van der Waals surface area contributed by atoms with E-state index in [-0.39, 0.29) is 29.5 Å². The van der Waals surface area contributed by atoms with Crippen molar-refractivity contribution in [2.45, 2.75) is 32.9 Å². The quantitative estimate of drug-likeness (QED) is 0.757. The Bertz CT molecular complexity index is 800. The molecule has 6 nitrogen and oxygen atoms in total. The van der Waals surface area contributed by atoms with Crippen molar-refractivity contribution in [1.29, 1.82) is 0 Å². The second kappa shape index (κ2) is 6.88. The van der Waals surface area contributed by atoms with Crippen LogP contribution in [-0.2, 0) is 9.84 Å². The molecule has 3 rings (SSSR count). The number of hydrogen-bond acceptors (Lipinski definition) is 5. The van der Waals surface area contributed by atoms with E-state index in [9.17, 15) is 13.2 Å². The van der Waals surface area contributed by atoms with Gasteiger partial charge < -0.3 is 4.90 Å². The van der Waals surface area contributed by atoms with Crippen LogP contribution in [0.4, 0.5) is 0 Å². The largest absolute Gasteiger partial charge is 0.332 e. The number of hydrogen-bond donors (Lipinski definition) is 0. The summed E-state index contributed by atoms with van der Waals surface area (Å²) in [5, 5.41) is 0. The molecule has 2 saturated heterocycles. The van der Waals surface area contributed by atoms with Crippen LogP contribution in [0.2, 0.25) is 0 Å². The normalized spacial score (nSPS) is 25.5. The molecule has 1 aromatic heterocycles. The van der Waals surface area contributed by atoms with Gasteiger partial charge in [0.2, 0.25) is 0 Å². The average Bonchev–Trinajstić information content (AvgIpc) is 2.87. The Kier molecular flexibility index (Phi) is 4.97. The molecule has 1 aromatic rings. The van der Waals surface area contributed by atoms with Gasteiger partial charge in [-0.05, 0) is 32.4 Å². The number of carbonyl (C=O) groups excluding carboxylic acids is 1. The smallest absolute Gasteiger partial charge is 0.255 e. The van der Waals surface area contributed by atoms with Crippen molar-refractivity contribution in [2.24, 2.45) is 0 Å². The Morgan fingerprint density at radius 2 is 1.96 bits per heavy atom. The number of aromatic nitrogens is 1. The second-order valence-corrected chi connectivity index (χ2v) is 9.39. The summed E-state index contributed by atoms with van der Waals surface area (Å²) in [5.74, 6) is 0.0584. The first-order chi connectivity index (χ1) is 11.8. The minimum Gasteiger partial charge on any atom is -0.332 e. The molecule has 0 saturated carbocycles. The molecule has 25 heavy (non-hydrogen) atoms. The lowest BCUT2D eigenvalue weighted by Crippen LogP contribution is -2.60. The Balaban J connectivity index is 1.86. The molecule has 0 aromatic carbocycles. The minimum atomic E-state index is -3.13. The van der Waals surface area contributed by atoms with Gasteiger partial charge in [-0.1, -0.05) is 11.6 Å². The van der Waals surface area contributed by atoms with Gasteiger partial charge >= 0.3 is 0 Å². The molecule has 2 aliphatic rings. The van der Waals surface area contributed by atoms with Gasteiger partial charge in [-0.25, -0.2) is 8.42 Å². The maximum atomic E-state index is 12.9. The number of aryl methyl sites for hydroxylation is 1. The fraction of sp³-hybridized carbons (Fsp3) is 0.556. The number of piperazine rings is 1. The summed E-state index contributed by atoms with van der Waals surface area (Å²) in [6, 6.07) is 1.40. The lowest BCUT2D eigenvalue weighted by Gasteiger charge is -2.43. The van der Waals surface area contributed by atoms with Gasteiger partial charge in [0, 0.05) is 38.1 Å². The fourth-order valence-electron chi connectivity index (χ4n) is 3.64. The molecule has 3 heterocycles. The van der Waals surface area contributed by atoms with E-state index in [1.165, 1.54) is 5.57 Å². The van der Waals surface area contributed by atoms with Crippen molar-refractivity contribution in [3.05, 3.63) is 41.2 Å². The standard InChI is InChI=1S/C18H25N3O3S/c1-13(2)4-5-20-6-7-21(17-12-25(23,24)11-16(17)20)18(22)15-8-14(3)9-19-10-15/h4,8-10,16-17H,5-7,11-12H2,1-3H3/t16-,17+/m0/s1. The number of pyridine rings is 1. The number of carbonyl (C=O) groups is 1. The van der Waals surface area contributed by atoms with Crippen molar-refractivity contribution < 1.29 is 13.2 Å². The van der Waals surface area contributed by atoms with Crippen LogP contribution >= 0.6 is 0 Å². The average molecular weight is 363 g/mol. The van der Waals surface area contributed by atoms with Gasteiger partial charge in [0.15, 0.2) is 9.84 Å². The highest BCUT2D eigenvalue weighted by molar-refractivity contribution is 7.91. The number of sulfone groups is 1. The molecular weight excluding hydrogens is 338 g/mol. The summed E-state index contributed by atoms with van der Waals surface area (Å²) >= 11 is 0. The Labute approximate surface area is 149 Å². The molecule has 1 amide bonds. The Hall–Kier alpha value is -1.73. The molecule has 0 aliphatic carbocycles. The van der Waals surface area contributed by atoms with Crippen molar-refractivity contribution in [3.8, 4) is 0 Å². The predicted octanol–water partition coefficient (Wildman–Crippen LogP) is 1.28. The van der Waals surface area contributed by atoms with Crippen molar-refractivity contribution >= 4 is 15.7 Å². The van der Waals surface area contributed by atoms with E-state index in [4.69, 9.17) is 0 Å². The first-order valence-corrected chi connectivity index (χ1v) is 10.4. The third-order valence-corrected chi connectivity index (χ3v) is 6.61. The monoisotopic (exact) mass is 363 g/mol. The Morgan fingerprint density at radius 3 is 2.64 bits per heavy atom. The van der Waals surface area contributed by atoms with E-state index in [1.807, 2.05) is 26.8 Å². The van der Waals surface area contributed by atoms with Gasteiger partial charge in [0.25, 0.3) is 5.91 Å². The van der Waals surface area contributed by atoms with Crippen LogP contribution < -0.4 is 0 Å². The predicted molar refractivity (Wildman–Crippen MR) is 97.2 cm³/mol. The number of nitrogens with zero attached hydrogens (tertiary/aromatic N) is 3. The maximum absolute atomic E-state index is 12.9. The van der Waals surface area contributed by atoms with Gasteiger partial charge in [0.1, 0.15) is 0 Å². The molecule has 2 atom stereocenters. The van der Waals surface area contributed by atoms with E-state index in [0.717, 1.165) is 12.1 Å². The zero-order valence-corrected chi connectivity index (χ0v) is 15.8. The van der Waals surface area contributed by atoms with Crippen molar-refractivity contribution in [3.63, 3.8) is 0 Å². The SMILES string of the molecule is CC(C)=CCN1CCN(C(=O)c2cncc(C)c2)[C@@H]2CS(=O)(=O)C[C@@H]21. The minimum absolute atomic E-state index is 0.0496. The van der Waals surface area contributed by atoms with Crippen LogP contribution in [0.25, 0.3) is 0 Å². The summed E-state index contributed by atoms with van der Waals surface area (Å²) in [4.78, 5) is 21.0. The molecule has 136 valence electrons. The van der Waals surface area contributed by atoms with Gasteiger partial charge in [-0.2, -0.15) is 0 Å². The zero-order valence-electron chi connectivity index (χ0n) is 15.0. The Morgan fingerprint density at radius 1 is 1.24 bits per heavy atom. The molecule has 0 unspecified atom stereocenters. The number of rotatable bonds is 3. The summed E-state index contributed by atoms with van der Waals surface area (Å²) < 4.78 is 24.5. The first-order valence-electron chi connectivity index (χ1n) is 8.57. The third-order valence-electron chi connectivity index (χ3n) is 4.91. The van der Waals surface area contributed by atoms with Crippen molar-refractivity contribution in [1.82, 2.24) is 14.8 Å². The summed E-state index contributed by atoms with van der Waals surface area (Å²) in [6.07, 6.45) is 5.38. The zero-order chi connectivity index (χ0) is 18.2. The number of allylic oxidation sites excluding steroid dienone is 1. The van der Waals surface area contributed by atoms with E-state index in [0.29, 0.717) is 18.7 Å². The fourth-order valence-corrected chi connectivity index (χ4v) is 5.65. The molecule has 0 radical (unpaired) electrons. The van der Waals surface area contributed by atoms with Gasteiger partial charge in [-0.15, -0.1) is 0 Å². The summed E-state index contributed by atoms with van der Waals surface area (Å²) in [7, 11) is -3.13. The van der Waals surface area contributed by atoms with Gasteiger partial charge in [0.05, 0.1) is 23.1 Å². The van der Waals surface area contributed by atoms with Crippen LogP contribution in [0.15, 0.2) is 30.1 Å². The number of fused-ring (bicyclic) bond motifs is 1. The summed E-state index contributed by atoms with van der Waals surface area (Å²) in [6.45, 7) is 7.92.